The topological polar surface area (TPSA) is 33.3 Å². The van der Waals surface area contributed by atoms with Gasteiger partial charge in [0.1, 0.15) is 5.67 Å². The van der Waals surface area contributed by atoms with Crippen LogP contribution in [0.15, 0.2) is 0 Å². The van der Waals surface area contributed by atoms with E-state index in [1.54, 1.807) is 6.92 Å². The highest BCUT2D eigenvalue weighted by Gasteiger charge is 2.38. The van der Waals surface area contributed by atoms with E-state index in [-0.39, 0.29) is 12.1 Å². The fraction of sp³-hybridized carbons (Fsp3) is 1.00. The van der Waals surface area contributed by atoms with Crippen molar-refractivity contribution in [3.8, 4) is 0 Å². The Balaban J connectivity index is 1.87. The number of halogens is 1. The van der Waals surface area contributed by atoms with Crippen LogP contribution in [0.25, 0.3) is 0 Å². The van der Waals surface area contributed by atoms with Gasteiger partial charge >= 0.3 is 0 Å². The standard InChI is InChI=1S/C13H25FN2O/c1-10-3-4-16-12(7-10)13(2,14)8-11-9-17-6-5-15-11/h10-12,15-16H,3-9H2,1-2H3. The van der Waals surface area contributed by atoms with Gasteiger partial charge in [0.25, 0.3) is 0 Å². The van der Waals surface area contributed by atoms with E-state index in [0.29, 0.717) is 18.9 Å². The molecule has 0 aliphatic carbocycles. The second kappa shape index (κ2) is 5.63. The minimum Gasteiger partial charge on any atom is -0.379 e. The van der Waals surface area contributed by atoms with E-state index in [1.807, 2.05) is 0 Å². The summed E-state index contributed by atoms with van der Waals surface area (Å²) in [4.78, 5) is 0. The van der Waals surface area contributed by atoms with Gasteiger partial charge in [-0.25, -0.2) is 4.39 Å². The molecule has 100 valence electrons. The van der Waals surface area contributed by atoms with Crippen LogP contribution in [0.1, 0.15) is 33.1 Å². The van der Waals surface area contributed by atoms with Crippen LogP contribution in [-0.2, 0) is 4.74 Å². The quantitative estimate of drug-likeness (QED) is 0.789. The molecule has 4 atom stereocenters. The third-order valence-corrected chi connectivity index (χ3v) is 4.04. The molecule has 4 unspecified atom stereocenters. The van der Waals surface area contributed by atoms with Crippen LogP contribution >= 0.6 is 0 Å². The van der Waals surface area contributed by atoms with Gasteiger partial charge in [-0.15, -0.1) is 0 Å². The predicted octanol–water partition coefficient (Wildman–Crippen LogP) is 1.48. The van der Waals surface area contributed by atoms with Crippen molar-refractivity contribution in [1.29, 1.82) is 0 Å². The molecular weight excluding hydrogens is 219 g/mol. The average molecular weight is 244 g/mol. The Kier molecular flexibility index (Phi) is 4.39. The van der Waals surface area contributed by atoms with E-state index in [1.165, 1.54) is 0 Å². The maximum atomic E-state index is 14.8. The number of hydrogen-bond acceptors (Lipinski definition) is 3. The summed E-state index contributed by atoms with van der Waals surface area (Å²) in [5.41, 5.74) is -1.15. The number of piperidine rings is 1. The summed E-state index contributed by atoms with van der Waals surface area (Å²) < 4.78 is 20.2. The summed E-state index contributed by atoms with van der Waals surface area (Å²) in [5, 5.41) is 6.67. The van der Waals surface area contributed by atoms with Gasteiger partial charge in [0.2, 0.25) is 0 Å². The molecule has 3 nitrogen and oxygen atoms in total. The molecule has 0 saturated carbocycles. The van der Waals surface area contributed by atoms with Gasteiger partial charge in [-0.1, -0.05) is 6.92 Å². The van der Waals surface area contributed by atoms with Crippen molar-refractivity contribution in [1.82, 2.24) is 10.6 Å². The zero-order valence-electron chi connectivity index (χ0n) is 11.0. The maximum absolute atomic E-state index is 14.8. The third kappa shape index (κ3) is 3.63. The smallest absolute Gasteiger partial charge is 0.125 e. The molecule has 0 aromatic carbocycles. The molecule has 17 heavy (non-hydrogen) atoms. The molecule has 2 rings (SSSR count). The van der Waals surface area contributed by atoms with Crippen molar-refractivity contribution in [3.63, 3.8) is 0 Å². The first-order valence-corrected chi connectivity index (χ1v) is 6.81. The highest BCUT2D eigenvalue weighted by Crippen LogP contribution is 2.30. The molecule has 2 aliphatic rings. The lowest BCUT2D eigenvalue weighted by Gasteiger charge is -2.39. The number of alkyl halides is 1. The third-order valence-electron chi connectivity index (χ3n) is 4.04. The molecular formula is C13H25FN2O. The molecule has 4 heteroatoms. The zero-order chi connectivity index (χ0) is 12.3. The lowest BCUT2D eigenvalue weighted by atomic mass is 9.82. The van der Waals surface area contributed by atoms with Crippen molar-refractivity contribution in [2.45, 2.75) is 50.9 Å². The lowest BCUT2D eigenvalue weighted by molar-refractivity contribution is 0.0266. The van der Waals surface area contributed by atoms with Gasteiger partial charge in [-0.05, 0) is 32.2 Å². The number of ether oxygens (including phenoxy) is 1. The van der Waals surface area contributed by atoms with E-state index in [2.05, 4.69) is 17.6 Å². The van der Waals surface area contributed by atoms with Crippen LogP contribution in [-0.4, -0.2) is 44.1 Å². The summed E-state index contributed by atoms with van der Waals surface area (Å²) in [6.07, 6.45) is 2.65. The molecule has 2 N–H and O–H groups in total. The normalized spacial score (nSPS) is 38.6. The van der Waals surface area contributed by atoms with Crippen LogP contribution in [0.3, 0.4) is 0 Å². The first kappa shape index (κ1) is 13.2. The Morgan fingerprint density at radius 3 is 2.82 bits per heavy atom. The Hall–Kier alpha value is -0.190. The fourth-order valence-corrected chi connectivity index (χ4v) is 2.94. The van der Waals surface area contributed by atoms with E-state index >= 15 is 0 Å². The number of rotatable bonds is 3. The lowest BCUT2D eigenvalue weighted by Crippen LogP contribution is -2.54. The molecule has 0 bridgehead atoms. The molecule has 0 radical (unpaired) electrons. The molecule has 2 fully saturated rings. The van der Waals surface area contributed by atoms with Crippen LogP contribution < -0.4 is 10.6 Å². The van der Waals surface area contributed by atoms with E-state index in [0.717, 1.165) is 32.5 Å². The summed E-state index contributed by atoms with van der Waals surface area (Å²) in [6.45, 7) is 7.13. The molecule has 0 aromatic rings. The first-order chi connectivity index (χ1) is 8.08. The van der Waals surface area contributed by atoms with Gasteiger partial charge in [0, 0.05) is 25.0 Å². The molecule has 0 aromatic heterocycles. The van der Waals surface area contributed by atoms with Crippen LogP contribution in [0.4, 0.5) is 4.39 Å². The number of nitrogens with one attached hydrogen (secondary N) is 2. The van der Waals surface area contributed by atoms with Crippen LogP contribution in [0.2, 0.25) is 0 Å². The van der Waals surface area contributed by atoms with Gasteiger partial charge < -0.3 is 15.4 Å². The Labute approximate surface area is 103 Å². The largest absolute Gasteiger partial charge is 0.379 e. The van der Waals surface area contributed by atoms with Crippen molar-refractivity contribution in [2.24, 2.45) is 5.92 Å². The molecule has 0 spiro atoms. The minimum absolute atomic E-state index is 0.00465. The van der Waals surface area contributed by atoms with Crippen molar-refractivity contribution < 1.29 is 9.13 Å². The monoisotopic (exact) mass is 244 g/mol. The first-order valence-electron chi connectivity index (χ1n) is 6.81. The highest BCUT2D eigenvalue weighted by molar-refractivity contribution is 4.95. The summed E-state index contributed by atoms with van der Waals surface area (Å²) in [7, 11) is 0. The molecule has 2 saturated heterocycles. The Morgan fingerprint density at radius 2 is 2.18 bits per heavy atom. The van der Waals surface area contributed by atoms with Gasteiger partial charge in [-0.2, -0.15) is 0 Å². The fourth-order valence-electron chi connectivity index (χ4n) is 2.94. The molecule has 2 aliphatic heterocycles. The predicted molar refractivity (Wildman–Crippen MR) is 66.9 cm³/mol. The highest BCUT2D eigenvalue weighted by atomic mass is 19.1. The van der Waals surface area contributed by atoms with Gasteiger partial charge in [0.15, 0.2) is 0 Å². The van der Waals surface area contributed by atoms with E-state index in [4.69, 9.17) is 4.74 Å². The average Bonchev–Trinajstić information content (AvgIpc) is 2.30. The summed E-state index contributed by atoms with van der Waals surface area (Å²) >= 11 is 0. The van der Waals surface area contributed by atoms with Crippen LogP contribution in [0.5, 0.6) is 0 Å². The zero-order valence-corrected chi connectivity index (χ0v) is 11.0. The van der Waals surface area contributed by atoms with Crippen LogP contribution in [0, 0.1) is 5.92 Å². The van der Waals surface area contributed by atoms with Crippen molar-refractivity contribution >= 4 is 0 Å². The number of morpholine rings is 1. The summed E-state index contributed by atoms with van der Waals surface area (Å²) in [6, 6.07) is 0.160. The Bertz CT molecular complexity index is 242. The minimum atomic E-state index is -1.15. The summed E-state index contributed by atoms with van der Waals surface area (Å²) in [5.74, 6) is 0.631. The Morgan fingerprint density at radius 1 is 1.35 bits per heavy atom. The van der Waals surface area contributed by atoms with E-state index in [9.17, 15) is 4.39 Å². The molecule has 2 heterocycles. The maximum Gasteiger partial charge on any atom is 0.125 e. The SMILES string of the molecule is CC1CCNC(C(C)(F)CC2COCCN2)C1. The van der Waals surface area contributed by atoms with Gasteiger partial charge in [-0.3, -0.25) is 0 Å². The molecule has 0 amide bonds. The second-order valence-corrected chi connectivity index (χ2v) is 5.84. The van der Waals surface area contributed by atoms with Gasteiger partial charge in [0.05, 0.1) is 13.2 Å². The second-order valence-electron chi connectivity index (χ2n) is 5.84. The number of hydrogen-bond donors (Lipinski definition) is 2. The van der Waals surface area contributed by atoms with Crippen molar-refractivity contribution in [2.75, 3.05) is 26.3 Å². The van der Waals surface area contributed by atoms with Crippen molar-refractivity contribution in [3.05, 3.63) is 0 Å². The van der Waals surface area contributed by atoms with E-state index < -0.39 is 5.67 Å².